The highest BCUT2D eigenvalue weighted by molar-refractivity contribution is 7.88. The maximum Gasteiger partial charge on any atom is 0.209 e. The van der Waals surface area contributed by atoms with Crippen molar-refractivity contribution in [1.29, 1.82) is 0 Å². The van der Waals surface area contributed by atoms with E-state index in [0.717, 1.165) is 50.8 Å². The number of piperidine rings is 1. The molecule has 1 saturated heterocycles. The summed E-state index contributed by atoms with van der Waals surface area (Å²) in [6, 6.07) is 8.55. The van der Waals surface area contributed by atoms with Gasteiger partial charge in [-0.3, -0.25) is 4.90 Å². The number of rotatable bonds is 2. The van der Waals surface area contributed by atoms with Gasteiger partial charge in [-0.25, -0.2) is 13.1 Å². The van der Waals surface area contributed by atoms with E-state index in [-0.39, 0.29) is 24.2 Å². The standard InChI is InChI=1S/C22H34N2O4S/c1-16-14-28-22-8-4-3-6-19(22)17-9-11-18(12-10-17)27-15-21-20(23-29(2,25)26)7-5-13-24(16)21/h3-4,6,8,16-18,20-21,23H,5,7,9-15H2,1-2H3/t16-,17?,18?,20+,21+/m1/s1. The molecule has 0 aromatic heterocycles. The van der Waals surface area contributed by atoms with Crippen LogP contribution in [0.3, 0.4) is 0 Å². The summed E-state index contributed by atoms with van der Waals surface area (Å²) < 4.78 is 39.5. The number of sulfonamides is 1. The highest BCUT2D eigenvalue weighted by Gasteiger charge is 2.37. The molecule has 0 amide bonds. The van der Waals surface area contributed by atoms with E-state index in [4.69, 9.17) is 9.47 Å². The molecule has 29 heavy (non-hydrogen) atoms. The first-order valence-electron chi connectivity index (χ1n) is 11.0. The van der Waals surface area contributed by atoms with Crippen LogP contribution in [0.2, 0.25) is 0 Å². The van der Waals surface area contributed by atoms with Gasteiger partial charge in [-0.05, 0) is 69.5 Å². The fourth-order valence-corrected chi connectivity index (χ4v) is 6.11. The lowest BCUT2D eigenvalue weighted by Gasteiger charge is -2.44. The maximum absolute atomic E-state index is 11.9. The average molecular weight is 423 g/mol. The first-order chi connectivity index (χ1) is 13.9. The molecule has 1 aromatic rings. The van der Waals surface area contributed by atoms with E-state index in [1.165, 1.54) is 11.8 Å². The SMILES string of the molecule is C[C@@H]1COc2ccccc2C2CCC(CC2)OC[C@H]2[C@@H](NS(C)(=O)=O)CCCN12. The molecule has 162 valence electrons. The Morgan fingerprint density at radius 2 is 1.83 bits per heavy atom. The molecule has 1 N–H and O–H groups in total. The third kappa shape index (κ3) is 5.13. The van der Waals surface area contributed by atoms with Gasteiger partial charge in [-0.15, -0.1) is 0 Å². The van der Waals surface area contributed by atoms with Gasteiger partial charge in [0.1, 0.15) is 12.4 Å². The van der Waals surface area contributed by atoms with Crippen LogP contribution in [0.5, 0.6) is 5.75 Å². The number of fused-ring (bicyclic) bond motifs is 5. The summed E-state index contributed by atoms with van der Waals surface area (Å²) >= 11 is 0. The zero-order valence-electron chi connectivity index (χ0n) is 17.5. The van der Waals surface area contributed by atoms with Crippen LogP contribution in [0.15, 0.2) is 24.3 Å². The minimum absolute atomic E-state index is 0.0331. The van der Waals surface area contributed by atoms with Gasteiger partial charge in [-0.2, -0.15) is 0 Å². The molecule has 4 aliphatic rings. The second-order valence-electron chi connectivity index (χ2n) is 8.95. The van der Waals surface area contributed by atoms with Crippen molar-refractivity contribution in [2.24, 2.45) is 0 Å². The van der Waals surface area contributed by atoms with Crippen LogP contribution in [0.1, 0.15) is 56.9 Å². The van der Waals surface area contributed by atoms with Gasteiger partial charge in [-0.1, -0.05) is 18.2 Å². The molecule has 0 spiro atoms. The van der Waals surface area contributed by atoms with E-state index in [1.807, 2.05) is 6.07 Å². The van der Waals surface area contributed by atoms with Gasteiger partial charge in [0.25, 0.3) is 0 Å². The van der Waals surface area contributed by atoms with Crippen LogP contribution in [-0.4, -0.2) is 63.6 Å². The van der Waals surface area contributed by atoms with Crippen molar-refractivity contribution in [2.45, 2.75) is 75.6 Å². The van der Waals surface area contributed by atoms with Crippen LogP contribution < -0.4 is 9.46 Å². The quantitative estimate of drug-likeness (QED) is 0.794. The zero-order valence-corrected chi connectivity index (χ0v) is 18.4. The number of hydrogen-bond acceptors (Lipinski definition) is 5. The minimum Gasteiger partial charge on any atom is -0.492 e. The van der Waals surface area contributed by atoms with Gasteiger partial charge in [0, 0.05) is 18.1 Å². The van der Waals surface area contributed by atoms with E-state index in [0.29, 0.717) is 19.1 Å². The third-order valence-electron chi connectivity index (χ3n) is 6.77. The zero-order chi connectivity index (χ0) is 20.4. The van der Waals surface area contributed by atoms with E-state index in [2.05, 4.69) is 34.7 Å². The van der Waals surface area contributed by atoms with Crippen LogP contribution in [0.4, 0.5) is 0 Å². The van der Waals surface area contributed by atoms with Crippen LogP contribution in [0.25, 0.3) is 0 Å². The molecule has 3 atom stereocenters. The third-order valence-corrected chi connectivity index (χ3v) is 7.50. The number of nitrogens with zero attached hydrogens (tertiary/aromatic N) is 1. The lowest BCUT2D eigenvalue weighted by Crippen LogP contribution is -2.60. The molecule has 3 heterocycles. The van der Waals surface area contributed by atoms with Crippen molar-refractivity contribution in [2.75, 3.05) is 26.0 Å². The second-order valence-corrected chi connectivity index (χ2v) is 10.7. The number of nitrogens with one attached hydrogen (secondary N) is 1. The fraction of sp³-hybridized carbons (Fsp3) is 0.727. The summed E-state index contributed by atoms with van der Waals surface area (Å²) in [6.45, 7) is 4.27. The molecule has 2 bridgehead atoms. The summed E-state index contributed by atoms with van der Waals surface area (Å²) in [4.78, 5) is 2.39. The normalized spacial score (nSPS) is 34.1. The van der Waals surface area contributed by atoms with Crippen molar-refractivity contribution in [3.05, 3.63) is 29.8 Å². The number of ether oxygens (including phenoxy) is 2. The largest absolute Gasteiger partial charge is 0.492 e. The molecule has 0 unspecified atom stereocenters. The van der Waals surface area contributed by atoms with Gasteiger partial charge in [0.15, 0.2) is 0 Å². The number of benzene rings is 1. The Hall–Kier alpha value is -1.15. The molecule has 6 nitrogen and oxygen atoms in total. The molecule has 1 aliphatic carbocycles. The molecule has 5 rings (SSSR count). The highest BCUT2D eigenvalue weighted by Crippen LogP contribution is 2.39. The van der Waals surface area contributed by atoms with Crippen LogP contribution in [-0.2, 0) is 14.8 Å². The Morgan fingerprint density at radius 3 is 2.59 bits per heavy atom. The lowest BCUT2D eigenvalue weighted by molar-refractivity contribution is -0.0402. The first kappa shape index (κ1) is 21.1. The van der Waals surface area contributed by atoms with Crippen molar-refractivity contribution in [1.82, 2.24) is 9.62 Å². The Morgan fingerprint density at radius 1 is 1.07 bits per heavy atom. The van der Waals surface area contributed by atoms with E-state index in [1.54, 1.807) is 0 Å². The van der Waals surface area contributed by atoms with Gasteiger partial charge >= 0.3 is 0 Å². The minimum atomic E-state index is -3.26. The molecule has 2 fully saturated rings. The van der Waals surface area contributed by atoms with Crippen LogP contribution >= 0.6 is 0 Å². The molecular formula is C22H34N2O4S. The Labute approximate surface area is 175 Å². The molecular weight excluding hydrogens is 388 g/mol. The lowest BCUT2D eigenvalue weighted by atomic mass is 9.82. The number of hydrogen-bond donors (Lipinski definition) is 1. The summed E-state index contributed by atoms with van der Waals surface area (Å²) in [5, 5.41) is 0. The Balaban J connectivity index is 1.60. The van der Waals surface area contributed by atoms with Crippen molar-refractivity contribution in [3.63, 3.8) is 0 Å². The summed E-state index contributed by atoms with van der Waals surface area (Å²) in [5.41, 5.74) is 1.32. The van der Waals surface area contributed by atoms with Crippen LogP contribution in [0, 0.1) is 0 Å². The predicted octanol–water partition coefficient (Wildman–Crippen LogP) is 2.89. The molecule has 3 aliphatic heterocycles. The van der Waals surface area contributed by atoms with Gasteiger partial charge in [0.05, 0.1) is 19.0 Å². The van der Waals surface area contributed by atoms with E-state index in [9.17, 15) is 8.42 Å². The topological polar surface area (TPSA) is 67.9 Å². The molecule has 7 heteroatoms. The summed E-state index contributed by atoms with van der Waals surface area (Å²) in [6.07, 6.45) is 7.64. The predicted molar refractivity (Wildman–Crippen MR) is 114 cm³/mol. The van der Waals surface area contributed by atoms with Gasteiger partial charge < -0.3 is 9.47 Å². The average Bonchev–Trinajstić information content (AvgIpc) is 2.71. The molecule has 1 aromatic carbocycles. The Bertz CT molecular complexity index is 792. The maximum atomic E-state index is 11.9. The van der Waals surface area contributed by atoms with Gasteiger partial charge in [0.2, 0.25) is 10.0 Å². The first-order valence-corrected chi connectivity index (χ1v) is 12.9. The van der Waals surface area contributed by atoms with E-state index >= 15 is 0 Å². The fourth-order valence-electron chi connectivity index (χ4n) is 5.29. The molecule has 0 radical (unpaired) electrons. The van der Waals surface area contributed by atoms with E-state index < -0.39 is 10.0 Å². The van der Waals surface area contributed by atoms with Crippen molar-refractivity contribution >= 4 is 10.0 Å². The smallest absolute Gasteiger partial charge is 0.209 e. The highest BCUT2D eigenvalue weighted by atomic mass is 32.2. The summed E-state index contributed by atoms with van der Waals surface area (Å²) in [7, 11) is -3.26. The van der Waals surface area contributed by atoms with Crippen molar-refractivity contribution in [3.8, 4) is 5.75 Å². The summed E-state index contributed by atoms with van der Waals surface area (Å²) in [5.74, 6) is 1.53. The second kappa shape index (κ2) is 8.92. The van der Waals surface area contributed by atoms with Crippen molar-refractivity contribution < 1.29 is 17.9 Å². The molecule has 1 saturated carbocycles. The monoisotopic (exact) mass is 422 g/mol. The Kier molecular flexibility index (Phi) is 6.49. The number of para-hydroxylation sites is 1.